The van der Waals surface area contributed by atoms with Crippen molar-refractivity contribution in [3.05, 3.63) is 59.7 Å². The Bertz CT molecular complexity index is 1220. The lowest BCUT2D eigenvalue weighted by atomic mass is 10.1. The van der Waals surface area contributed by atoms with E-state index < -0.39 is 20.0 Å². The van der Waals surface area contributed by atoms with E-state index in [0.29, 0.717) is 43.1 Å². The first-order chi connectivity index (χ1) is 16.8. The largest absolute Gasteiger partial charge is 0.492 e. The molecular formula is C24H31N3O6S2. The predicted molar refractivity (Wildman–Crippen MR) is 132 cm³/mol. The molecular weight excluding hydrogens is 490 g/mol. The van der Waals surface area contributed by atoms with Crippen LogP contribution in [0.4, 0.5) is 0 Å². The third kappa shape index (κ3) is 6.40. The number of nitrogens with one attached hydrogen (secondary N) is 1. The lowest BCUT2D eigenvalue weighted by Crippen LogP contribution is -2.29. The van der Waals surface area contributed by atoms with Gasteiger partial charge in [-0.2, -0.15) is 4.31 Å². The van der Waals surface area contributed by atoms with Crippen molar-refractivity contribution in [2.24, 2.45) is 0 Å². The molecule has 2 aliphatic rings. The Balaban J connectivity index is 1.22. The summed E-state index contributed by atoms with van der Waals surface area (Å²) in [5, 5.41) is 2.76. The monoisotopic (exact) mass is 521 g/mol. The quantitative estimate of drug-likeness (QED) is 0.480. The van der Waals surface area contributed by atoms with Gasteiger partial charge in [-0.05, 0) is 67.6 Å². The molecule has 0 bridgehead atoms. The second-order valence-corrected chi connectivity index (χ2v) is 12.7. The van der Waals surface area contributed by atoms with E-state index >= 15 is 0 Å². The summed E-state index contributed by atoms with van der Waals surface area (Å²) in [6.07, 6.45) is 3.57. The molecule has 2 aromatic rings. The SMILES string of the molecule is O=C(NCCOc1ccc(S(=O)(=O)N2CCCC2)cc1)c1ccc(CS(=O)(=O)N2CCCC2)cc1. The molecule has 2 heterocycles. The topological polar surface area (TPSA) is 113 Å². The molecule has 9 nitrogen and oxygen atoms in total. The fourth-order valence-corrected chi connectivity index (χ4v) is 7.37. The van der Waals surface area contributed by atoms with Crippen LogP contribution in [-0.2, 0) is 25.8 Å². The minimum atomic E-state index is -3.46. The summed E-state index contributed by atoms with van der Waals surface area (Å²) in [4.78, 5) is 12.6. The molecule has 1 N–H and O–H groups in total. The van der Waals surface area contributed by atoms with Crippen molar-refractivity contribution in [1.29, 1.82) is 0 Å². The molecule has 1 amide bonds. The summed E-state index contributed by atoms with van der Waals surface area (Å²) in [5.74, 6) is 0.165. The maximum absolute atomic E-state index is 12.6. The molecule has 0 saturated carbocycles. The van der Waals surface area contributed by atoms with Crippen LogP contribution in [0.15, 0.2) is 53.4 Å². The van der Waals surface area contributed by atoms with Gasteiger partial charge in [0.1, 0.15) is 12.4 Å². The normalized spacial score (nSPS) is 17.5. The molecule has 2 saturated heterocycles. The number of hydrogen-bond acceptors (Lipinski definition) is 6. The number of nitrogens with zero attached hydrogens (tertiary/aromatic N) is 2. The molecule has 190 valence electrons. The van der Waals surface area contributed by atoms with E-state index in [2.05, 4.69) is 5.32 Å². The standard InChI is InChI=1S/C24H31N3O6S2/c28-24(21-7-5-20(6-8-21)19-34(29,30)26-14-1-2-15-26)25-13-18-33-22-9-11-23(12-10-22)35(31,32)27-16-3-4-17-27/h5-12H,1-4,13-19H2,(H,25,28). The van der Waals surface area contributed by atoms with Gasteiger partial charge in [0.25, 0.3) is 5.91 Å². The highest BCUT2D eigenvalue weighted by molar-refractivity contribution is 7.89. The van der Waals surface area contributed by atoms with Crippen molar-refractivity contribution in [3.8, 4) is 5.75 Å². The first-order valence-corrected chi connectivity index (χ1v) is 14.9. The second kappa shape index (κ2) is 11.1. The molecule has 35 heavy (non-hydrogen) atoms. The molecule has 0 radical (unpaired) electrons. The van der Waals surface area contributed by atoms with Crippen LogP contribution in [0.1, 0.15) is 41.6 Å². The highest BCUT2D eigenvalue weighted by Crippen LogP contribution is 2.23. The third-order valence-electron chi connectivity index (χ3n) is 6.21. The van der Waals surface area contributed by atoms with E-state index in [1.807, 2.05) is 0 Å². The van der Waals surface area contributed by atoms with Gasteiger partial charge in [-0.15, -0.1) is 0 Å². The number of rotatable bonds is 10. The maximum Gasteiger partial charge on any atom is 0.251 e. The van der Waals surface area contributed by atoms with Gasteiger partial charge in [-0.3, -0.25) is 4.79 Å². The van der Waals surface area contributed by atoms with Gasteiger partial charge in [0.15, 0.2) is 0 Å². The molecule has 4 rings (SSSR count). The van der Waals surface area contributed by atoms with Crippen molar-refractivity contribution < 1.29 is 26.4 Å². The van der Waals surface area contributed by atoms with Crippen LogP contribution in [0, 0.1) is 0 Å². The van der Waals surface area contributed by atoms with E-state index in [4.69, 9.17) is 4.74 Å². The van der Waals surface area contributed by atoms with Gasteiger partial charge in [0.2, 0.25) is 20.0 Å². The Labute approximate surface area is 207 Å². The zero-order valence-corrected chi connectivity index (χ0v) is 21.2. The van der Waals surface area contributed by atoms with Crippen molar-refractivity contribution in [2.45, 2.75) is 36.3 Å². The summed E-state index contributed by atoms with van der Waals surface area (Å²) in [6.45, 7) is 2.74. The molecule has 2 fully saturated rings. The number of ether oxygens (including phenoxy) is 1. The Hall–Kier alpha value is -2.47. The van der Waals surface area contributed by atoms with E-state index in [0.717, 1.165) is 25.7 Å². The van der Waals surface area contributed by atoms with Crippen LogP contribution in [-0.4, -0.2) is 70.7 Å². The third-order valence-corrected chi connectivity index (χ3v) is 9.97. The van der Waals surface area contributed by atoms with Crippen LogP contribution in [0.3, 0.4) is 0 Å². The van der Waals surface area contributed by atoms with Crippen molar-refractivity contribution >= 4 is 26.0 Å². The Morgan fingerprint density at radius 3 is 1.97 bits per heavy atom. The number of benzene rings is 2. The summed E-state index contributed by atoms with van der Waals surface area (Å²) < 4.78 is 58.7. The average molecular weight is 522 g/mol. The molecule has 0 atom stereocenters. The molecule has 0 aliphatic carbocycles. The summed E-state index contributed by atoms with van der Waals surface area (Å²) in [6, 6.07) is 12.8. The Kier molecular flexibility index (Phi) is 8.10. The number of carbonyl (C=O) groups excluding carboxylic acids is 1. The van der Waals surface area contributed by atoms with E-state index in [1.54, 1.807) is 36.4 Å². The lowest BCUT2D eigenvalue weighted by molar-refractivity contribution is 0.0947. The van der Waals surface area contributed by atoms with Gasteiger partial charge in [-0.1, -0.05) is 12.1 Å². The highest BCUT2D eigenvalue weighted by Gasteiger charge is 2.27. The van der Waals surface area contributed by atoms with Gasteiger partial charge < -0.3 is 10.1 Å². The van der Waals surface area contributed by atoms with Gasteiger partial charge >= 0.3 is 0 Å². The Morgan fingerprint density at radius 2 is 1.37 bits per heavy atom. The van der Waals surface area contributed by atoms with E-state index in [-0.39, 0.29) is 29.7 Å². The van der Waals surface area contributed by atoms with Crippen LogP contribution in [0.2, 0.25) is 0 Å². The van der Waals surface area contributed by atoms with Crippen molar-refractivity contribution in [3.63, 3.8) is 0 Å². The number of amides is 1. The fourth-order valence-electron chi connectivity index (χ4n) is 4.24. The maximum atomic E-state index is 12.6. The Morgan fingerprint density at radius 1 is 0.800 bits per heavy atom. The molecule has 0 unspecified atom stereocenters. The summed E-state index contributed by atoms with van der Waals surface area (Å²) >= 11 is 0. The molecule has 11 heteroatoms. The predicted octanol–water partition coefficient (Wildman–Crippen LogP) is 2.21. The van der Waals surface area contributed by atoms with Gasteiger partial charge in [-0.25, -0.2) is 21.1 Å². The first kappa shape index (κ1) is 25.6. The van der Waals surface area contributed by atoms with E-state index in [1.165, 1.54) is 20.7 Å². The fraction of sp³-hybridized carbons (Fsp3) is 0.458. The van der Waals surface area contributed by atoms with Crippen LogP contribution >= 0.6 is 0 Å². The van der Waals surface area contributed by atoms with Crippen LogP contribution in [0.25, 0.3) is 0 Å². The average Bonchev–Trinajstić information content (AvgIpc) is 3.58. The summed E-state index contributed by atoms with van der Waals surface area (Å²) in [5.41, 5.74) is 1.08. The minimum Gasteiger partial charge on any atom is -0.492 e. The summed E-state index contributed by atoms with van der Waals surface area (Å²) in [7, 11) is -6.78. The molecule has 0 aromatic heterocycles. The van der Waals surface area contributed by atoms with E-state index in [9.17, 15) is 21.6 Å². The van der Waals surface area contributed by atoms with Gasteiger partial charge in [0.05, 0.1) is 17.2 Å². The smallest absolute Gasteiger partial charge is 0.251 e. The number of sulfonamides is 2. The molecule has 2 aliphatic heterocycles. The minimum absolute atomic E-state index is 0.0686. The molecule has 2 aromatic carbocycles. The zero-order valence-electron chi connectivity index (χ0n) is 19.6. The lowest BCUT2D eigenvalue weighted by Gasteiger charge is -2.16. The number of carbonyl (C=O) groups is 1. The van der Waals surface area contributed by atoms with Crippen LogP contribution in [0.5, 0.6) is 5.75 Å². The second-order valence-electron chi connectivity index (χ2n) is 8.75. The van der Waals surface area contributed by atoms with Crippen molar-refractivity contribution in [2.75, 3.05) is 39.3 Å². The number of hydrogen-bond donors (Lipinski definition) is 1. The van der Waals surface area contributed by atoms with Crippen molar-refractivity contribution in [1.82, 2.24) is 13.9 Å². The van der Waals surface area contributed by atoms with Crippen LogP contribution < -0.4 is 10.1 Å². The zero-order chi connectivity index (χ0) is 24.9. The molecule has 0 spiro atoms. The van der Waals surface area contributed by atoms with Gasteiger partial charge in [0, 0.05) is 31.7 Å². The first-order valence-electron chi connectivity index (χ1n) is 11.8. The highest BCUT2D eigenvalue weighted by atomic mass is 32.2.